The summed E-state index contributed by atoms with van der Waals surface area (Å²) in [4.78, 5) is 14.4. The van der Waals surface area contributed by atoms with E-state index in [-0.39, 0.29) is 5.91 Å². The van der Waals surface area contributed by atoms with Crippen LogP contribution in [0, 0.1) is 6.92 Å². The monoisotopic (exact) mass is 390 g/mol. The first-order valence-corrected chi connectivity index (χ1v) is 10.4. The van der Waals surface area contributed by atoms with Gasteiger partial charge >= 0.3 is 0 Å². The Labute approximate surface area is 161 Å². The van der Waals surface area contributed by atoms with Gasteiger partial charge < -0.3 is 9.64 Å². The van der Waals surface area contributed by atoms with Crippen LogP contribution in [-0.4, -0.2) is 45.7 Å². The van der Waals surface area contributed by atoms with Crippen molar-refractivity contribution in [3.05, 3.63) is 59.7 Å². The first-order chi connectivity index (χ1) is 12.6. The zero-order valence-electron chi connectivity index (χ0n) is 16.3. The summed E-state index contributed by atoms with van der Waals surface area (Å²) in [6, 6.07) is 13.6. The summed E-state index contributed by atoms with van der Waals surface area (Å²) in [5, 5.41) is 0. The van der Waals surface area contributed by atoms with E-state index in [1.165, 1.54) is 9.21 Å². The average molecular weight is 391 g/mol. The highest BCUT2D eigenvalue weighted by Gasteiger charge is 2.30. The third-order valence-electron chi connectivity index (χ3n) is 4.31. The molecular weight excluding hydrogens is 364 g/mol. The van der Waals surface area contributed by atoms with Gasteiger partial charge in [-0.2, -0.15) is 0 Å². The Balaban J connectivity index is 2.21. The smallest absolute Gasteiger partial charge is 0.246 e. The molecule has 0 aromatic heterocycles. The fourth-order valence-electron chi connectivity index (χ4n) is 2.90. The lowest BCUT2D eigenvalue weighted by atomic mass is 10.2. The van der Waals surface area contributed by atoms with E-state index in [2.05, 4.69) is 0 Å². The molecule has 7 heteroatoms. The molecule has 0 fully saturated rings. The van der Waals surface area contributed by atoms with Crippen LogP contribution in [0.25, 0.3) is 0 Å². The Kier molecular flexibility index (Phi) is 6.49. The third-order valence-corrected chi connectivity index (χ3v) is 5.55. The van der Waals surface area contributed by atoms with Crippen LogP contribution in [0.4, 0.5) is 5.69 Å². The number of aryl methyl sites for hydroxylation is 1. The number of carbonyl (C=O) groups is 1. The Hall–Kier alpha value is -2.54. The number of hydrogen-bond acceptors (Lipinski definition) is 4. The van der Waals surface area contributed by atoms with Crippen LogP contribution < -0.4 is 9.04 Å². The fourth-order valence-corrected chi connectivity index (χ4v) is 4.07. The standard InChI is InChI=1S/C20H26N2O4S/c1-15-6-10-18(11-7-15)22(27(5,24)25)16(2)20(23)21(3)14-17-8-12-19(26-4)13-9-17/h6-13,16H,14H2,1-5H3/t16-/m0/s1. The van der Waals surface area contributed by atoms with E-state index in [1.54, 1.807) is 33.2 Å². The van der Waals surface area contributed by atoms with Crippen LogP contribution >= 0.6 is 0 Å². The lowest BCUT2D eigenvalue weighted by Crippen LogP contribution is -2.48. The minimum atomic E-state index is -3.62. The molecule has 2 aromatic carbocycles. The van der Waals surface area contributed by atoms with Crippen LogP contribution in [0.15, 0.2) is 48.5 Å². The molecule has 0 saturated carbocycles. The summed E-state index contributed by atoms with van der Waals surface area (Å²) in [5.74, 6) is 0.459. The van der Waals surface area contributed by atoms with E-state index in [0.717, 1.165) is 23.1 Å². The van der Waals surface area contributed by atoms with Crippen molar-refractivity contribution in [1.82, 2.24) is 4.90 Å². The van der Waals surface area contributed by atoms with Gasteiger partial charge in [0.2, 0.25) is 15.9 Å². The first kappa shape index (κ1) is 20.8. The average Bonchev–Trinajstić information content (AvgIpc) is 2.62. The number of methoxy groups -OCH3 is 1. The van der Waals surface area contributed by atoms with Crippen molar-refractivity contribution < 1.29 is 17.9 Å². The number of benzene rings is 2. The summed E-state index contributed by atoms with van der Waals surface area (Å²) in [6.45, 7) is 3.90. The molecular formula is C20H26N2O4S. The highest BCUT2D eigenvalue weighted by atomic mass is 32.2. The van der Waals surface area contributed by atoms with Crippen LogP contribution in [0.2, 0.25) is 0 Å². The van der Waals surface area contributed by atoms with Gasteiger partial charge in [-0.3, -0.25) is 9.10 Å². The molecule has 0 spiro atoms. The number of carbonyl (C=O) groups excluding carboxylic acids is 1. The Morgan fingerprint density at radius 2 is 1.63 bits per heavy atom. The molecule has 6 nitrogen and oxygen atoms in total. The molecule has 1 amide bonds. The number of amides is 1. The topological polar surface area (TPSA) is 66.9 Å². The Morgan fingerprint density at radius 3 is 2.11 bits per heavy atom. The van der Waals surface area contributed by atoms with Gasteiger partial charge in [0.15, 0.2) is 0 Å². The molecule has 146 valence electrons. The van der Waals surface area contributed by atoms with Gasteiger partial charge in [0.05, 0.1) is 19.1 Å². The van der Waals surface area contributed by atoms with Crippen molar-refractivity contribution in [2.24, 2.45) is 0 Å². The largest absolute Gasteiger partial charge is 0.497 e. The molecule has 2 rings (SSSR count). The van der Waals surface area contributed by atoms with Gasteiger partial charge in [-0.15, -0.1) is 0 Å². The SMILES string of the molecule is COc1ccc(CN(C)C(=O)[C@H](C)N(c2ccc(C)cc2)S(C)(=O)=O)cc1. The summed E-state index contributed by atoms with van der Waals surface area (Å²) >= 11 is 0. The van der Waals surface area contributed by atoms with E-state index in [4.69, 9.17) is 4.74 Å². The molecule has 0 saturated heterocycles. The van der Waals surface area contributed by atoms with E-state index in [9.17, 15) is 13.2 Å². The molecule has 0 unspecified atom stereocenters. The zero-order chi connectivity index (χ0) is 20.2. The van der Waals surface area contributed by atoms with Crippen LogP contribution in [0.5, 0.6) is 5.75 Å². The number of hydrogen-bond donors (Lipinski definition) is 0. The molecule has 0 aliphatic heterocycles. The molecule has 0 aliphatic rings. The normalized spacial score (nSPS) is 12.3. The highest BCUT2D eigenvalue weighted by molar-refractivity contribution is 7.92. The van der Waals surface area contributed by atoms with Gasteiger partial charge in [0, 0.05) is 13.6 Å². The third kappa shape index (κ3) is 5.23. The number of sulfonamides is 1. The maximum Gasteiger partial charge on any atom is 0.246 e. The van der Waals surface area contributed by atoms with E-state index in [0.29, 0.717) is 12.2 Å². The second kappa shape index (κ2) is 8.43. The second-order valence-electron chi connectivity index (χ2n) is 6.61. The summed E-state index contributed by atoms with van der Waals surface area (Å²) in [7, 11) is -0.361. The minimum absolute atomic E-state index is 0.281. The highest BCUT2D eigenvalue weighted by Crippen LogP contribution is 2.22. The first-order valence-electron chi connectivity index (χ1n) is 8.57. The quantitative estimate of drug-likeness (QED) is 0.729. The summed E-state index contributed by atoms with van der Waals surface area (Å²) in [5.41, 5.74) is 2.42. The van der Waals surface area contributed by atoms with E-state index in [1.807, 2.05) is 43.3 Å². The van der Waals surface area contributed by atoms with Crippen molar-refractivity contribution in [2.45, 2.75) is 26.4 Å². The van der Waals surface area contributed by atoms with Gasteiger partial charge in [0.1, 0.15) is 11.8 Å². The zero-order valence-corrected chi connectivity index (χ0v) is 17.2. The number of likely N-dealkylation sites (N-methyl/N-ethyl adjacent to an activating group) is 1. The van der Waals surface area contributed by atoms with Crippen molar-refractivity contribution in [1.29, 1.82) is 0 Å². The Morgan fingerprint density at radius 1 is 1.07 bits per heavy atom. The molecule has 0 radical (unpaired) electrons. The van der Waals surface area contributed by atoms with E-state index >= 15 is 0 Å². The van der Waals surface area contributed by atoms with Gasteiger partial charge in [-0.1, -0.05) is 29.8 Å². The molecule has 1 atom stereocenters. The summed E-state index contributed by atoms with van der Waals surface area (Å²) in [6.07, 6.45) is 1.11. The van der Waals surface area contributed by atoms with Gasteiger partial charge in [-0.25, -0.2) is 8.42 Å². The lowest BCUT2D eigenvalue weighted by molar-refractivity contribution is -0.131. The lowest BCUT2D eigenvalue weighted by Gasteiger charge is -2.31. The second-order valence-corrected chi connectivity index (χ2v) is 8.47. The van der Waals surface area contributed by atoms with E-state index < -0.39 is 16.1 Å². The summed E-state index contributed by atoms with van der Waals surface area (Å²) < 4.78 is 31.0. The minimum Gasteiger partial charge on any atom is -0.497 e. The number of anilines is 1. The molecule has 0 aliphatic carbocycles. The predicted molar refractivity (Wildman–Crippen MR) is 107 cm³/mol. The van der Waals surface area contributed by atoms with Gasteiger partial charge in [0.25, 0.3) is 0 Å². The predicted octanol–water partition coefficient (Wildman–Crippen LogP) is 2.82. The number of rotatable bonds is 7. The van der Waals surface area contributed by atoms with Crippen molar-refractivity contribution in [2.75, 3.05) is 24.7 Å². The van der Waals surface area contributed by atoms with Crippen molar-refractivity contribution in [3.8, 4) is 5.75 Å². The van der Waals surface area contributed by atoms with Crippen LogP contribution in [0.3, 0.4) is 0 Å². The molecule has 0 heterocycles. The molecule has 0 bridgehead atoms. The number of nitrogens with zero attached hydrogens (tertiary/aromatic N) is 2. The van der Waals surface area contributed by atoms with Crippen LogP contribution in [-0.2, 0) is 21.4 Å². The molecule has 27 heavy (non-hydrogen) atoms. The Bertz CT molecular complexity index is 877. The fraction of sp³-hybridized carbons (Fsp3) is 0.350. The molecule has 0 N–H and O–H groups in total. The molecule has 2 aromatic rings. The van der Waals surface area contributed by atoms with Crippen LogP contribution in [0.1, 0.15) is 18.1 Å². The maximum atomic E-state index is 12.9. The number of ether oxygens (including phenoxy) is 1. The van der Waals surface area contributed by atoms with Crippen molar-refractivity contribution >= 4 is 21.6 Å². The van der Waals surface area contributed by atoms with Crippen molar-refractivity contribution in [3.63, 3.8) is 0 Å². The maximum absolute atomic E-state index is 12.9. The van der Waals surface area contributed by atoms with Gasteiger partial charge in [-0.05, 0) is 43.7 Å².